The lowest BCUT2D eigenvalue weighted by Crippen LogP contribution is -2.36. The summed E-state index contributed by atoms with van der Waals surface area (Å²) in [5.74, 6) is 0.373. The topological polar surface area (TPSA) is 72.0 Å². The minimum Gasteiger partial charge on any atom is -0.225 e. The summed E-state index contributed by atoms with van der Waals surface area (Å²) in [6, 6.07) is 0.00989. The van der Waals surface area contributed by atoms with E-state index < -0.39 is 10.0 Å². The van der Waals surface area contributed by atoms with Crippen LogP contribution in [0.5, 0.6) is 0 Å². The van der Waals surface area contributed by atoms with Crippen molar-refractivity contribution >= 4 is 21.6 Å². The van der Waals surface area contributed by atoms with E-state index in [2.05, 4.69) is 21.6 Å². The van der Waals surface area contributed by atoms with Gasteiger partial charge in [-0.3, -0.25) is 0 Å². The van der Waals surface area contributed by atoms with Crippen molar-refractivity contribution in [3.8, 4) is 0 Å². The molecule has 1 aromatic heterocycles. The van der Waals surface area contributed by atoms with Crippen molar-refractivity contribution in [2.45, 2.75) is 37.1 Å². The Bertz CT molecular complexity index is 489. The normalized spacial score (nSPS) is 25.1. The average molecular weight is 276 g/mol. The van der Waals surface area contributed by atoms with E-state index in [-0.39, 0.29) is 16.2 Å². The number of aromatic nitrogens is 2. The van der Waals surface area contributed by atoms with Crippen molar-refractivity contribution in [3.05, 3.63) is 17.7 Å². The second-order valence-corrected chi connectivity index (χ2v) is 6.38. The van der Waals surface area contributed by atoms with E-state index in [9.17, 15) is 8.42 Å². The minimum absolute atomic E-state index is 0.00989. The van der Waals surface area contributed by atoms with E-state index in [0.29, 0.717) is 5.92 Å². The fourth-order valence-corrected chi connectivity index (χ4v) is 3.39. The molecule has 2 rings (SSSR count). The molecule has 0 radical (unpaired) electrons. The lowest BCUT2D eigenvalue weighted by Gasteiger charge is -2.16. The van der Waals surface area contributed by atoms with Crippen molar-refractivity contribution in [2.75, 3.05) is 0 Å². The summed E-state index contributed by atoms with van der Waals surface area (Å²) in [5, 5.41) is 0.0400. The first kappa shape index (κ1) is 12.7. The summed E-state index contributed by atoms with van der Waals surface area (Å²) in [6.45, 7) is 2.05. The van der Waals surface area contributed by atoms with Gasteiger partial charge in [0.1, 0.15) is 4.90 Å². The van der Waals surface area contributed by atoms with Crippen LogP contribution in [-0.2, 0) is 10.0 Å². The monoisotopic (exact) mass is 275 g/mol. The van der Waals surface area contributed by atoms with Gasteiger partial charge < -0.3 is 0 Å². The fourth-order valence-electron chi connectivity index (χ4n) is 2.03. The maximum Gasteiger partial charge on any atom is 0.243 e. The van der Waals surface area contributed by atoms with Gasteiger partial charge in [0, 0.05) is 6.04 Å². The first-order valence-electron chi connectivity index (χ1n) is 5.49. The first-order chi connectivity index (χ1) is 7.99. The Labute approximate surface area is 106 Å². The van der Waals surface area contributed by atoms with Gasteiger partial charge in [-0.15, -0.1) is 0 Å². The Balaban J connectivity index is 2.16. The molecule has 1 saturated carbocycles. The van der Waals surface area contributed by atoms with Gasteiger partial charge in [0.2, 0.25) is 15.3 Å². The highest BCUT2D eigenvalue weighted by atomic mass is 35.5. The number of nitrogens with zero attached hydrogens (tertiary/aromatic N) is 2. The zero-order valence-electron chi connectivity index (χ0n) is 9.43. The summed E-state index contributed by atoms with van der Waals surface area (Å²) in [7, 11) is -3.53. The van der Waals surface area contributed by atoms with Crippen LogP contribution in [0.2, 0.25) is 5.28 Å². The summed E-state index contributed by atoms with van der Waals surface area (Å²) in [4.78, 5) is 7.40. The Hall–Kier alpha value is -0.720. The van der Waals surface area contributed by atoms with Gasteiger partial charge in [0.05, 0.1) is 12.4 Å². The molecule has 2 atom stereocenters. The zero-order valence-corrected chi connectivity index (χ0v) is 11.0. The third-order valence-corrected chi connectivity index (χ3v) is 4.71. The maximum atomic E-state index is 12.0. The van der Waals surface area contributed by atoms with Gasteiger partial charge in [0.25, 0.3) is 0 Å². The SMILES string of the molecule is CC1CCCC1NS(=O)(=O)c1cnc(Cl)nc1. The number of hydrogen-bond donors (Lipinski definition) is 1. The zero-order chi connectivity index (χ0) is 12.5. The van der Waals surface area contributed by atoms with Gasteiger partial charge in [0.15, 0.2) is 0 Å². The predicted molar refractivity (Wildman–Crippen MR) is 64.2 cm³/mol. The van der Waals surface area contributed by atoms with Crippen molar-refractivity contribution in [2.24, 2.45) is 5.92 Å². The molecule has 1 heterocycles. The van der Waals surface area contributed by atoms with E-state index in [4.69, 9.17) is 11.6 Å². The smallest absolute Gasteiger partial charge is 0.225 e. The molecule has 0 aliphatic heterocycles. The first-order valence-corrected chi connectivity index (χ1v) is 7.35. The summed E-state index contributed by atoms with van der Waals surface area (Å²) in [6.07, 6.45) is 5.44. The molecule has 7 heteroatoms. The Morgan fingerprint density at radius 1 is 1.35 bits per heavy atom. The molecule has 0 aromatic carbocycles. The van der Waals surface area contributed by atoms with Crippen LogP contribution in [-0.4, -0.2) is 24.4 Å². The molecule has 0 spiro atoms. The summed E-state index contributed by atoms with van der Waals surface area (Å²) >= 11 is 5.52. The largest absolute Gasteiger partial charge is 0.243 e. The van der Waals surface area contributed by atoms with E-state index in [1.165, 1.54) is 12.4 Å². The van der Waals surface area contributed by atoms with Crippen molar-refractivity contribution in [1.82, 2.24) is 14.7 Å². The number of rotatable bonds is 3. The second-order valence-electron chi connectivity index (χ2n) is 4.32. The van der Waals surface area contributed by atoms with Crippen LogP contribution in [0.1, 0.15) is 26.2 Å². The molecule has 5 nitrogen and oxygen atoms in total. The van der Waals surface area contributed by atoms with E-state index in [1.54, 1.807) is 0 Å². The molecule has 1 fully saturated rings. The molecule has 1 aliphatic carbocycles. The molecule has 0 bridgehead atoms. The summed E-state index contributed by atoms with van der Waals surface area (Å²) < 4.78 is 26.7. The third kappa shape index (κ3) is 2.94. The fraction of sp³-hybridized carbons (Fsp3) is 0.600. The van der Waals surface area contributed by atoms with Crippen LogP contribution in [0.15, 0.2) is 17.3 Å². The van der Waals surface area contributed by atoms with Gasteiger partial charge >= 0.3 is 0 Å². The Kier molecular flexibility index (Phi) is 3.65. The van der Waals surface area contributed by atoms with Gasteiger partial charge in [-0.2, -0.15) is 0 Å². The van der Waals surface area contributed by atoms with Gasteiger partial charge in [-0.25, -0.2) is 23.1 Å². The quantitative estimate of drug-likeness (QED) is 0.851. The highest BCUT2D eigenvalue weighted by Gasteiger charge is 2.28. The maximum absolute atomic E-state index is 12.0. The molecule has 94 valence electrons. The number of sulfonamides is 1. The average Bonchev–Trinajstić information content (AvgIpc) is 2.64. The van der Waals surface area contributed by atoms with Crippen molar-refractivity contribution in [3.63, 3.8) is 0 Å². The van der Waals surface area contributed by atoms with Crippen LogP contribution in [0.4, 0.5) is 0 Å². The van der Waals surface area contributed by atoms with E-state index in [1.807, 2.05) is 0 Å². The number of hydrogen-bond acceptors (Lipinski definition) is 4. The lowest BCUT2D eigenvalue weighted by molar-refractivity contribution is 0.476. The van der Waals surface area contributed by atoms with Crippen molar-refractivity contribution < 1.29 is 8.42 Å². The molecule has 0 amide bonds. The van der Waals surface area contributed by atoms with E-state index in [0.717, 1.165) is 19.3 Å². The van der Waals surface area contributed by atoms with Gasteiger partial charge in [-0.1, -0.05) is 13.3 Å². The standard InChI is InChI=1S/C10H14ClN3O2S/c1-7-3-2-4-9(7)14-17(15,16)8-5-12-10(11)13-6-8/h5-7,9,14H,2-4H2,1H3. The van der Waals surface area contributed by atoms with Gasteiger partial charge in [-0.05, 0) is 30.4 Å². The lowest BCUT2D eigenvalue weighted by atomic mass is 10.1. The number of halogens is 1. The molecule has 17 heavy (non-hydrogen) atoms. The van der Waals surface area contributed by atoms with E-state index >= 15 is 0 Å². The Morgan fingerprint density at radius 2 is 2.00 bits per heavy atom. The van der Waals surface area contributed by atoms with Crippen LogP contribution in [0, 0.1) is 5.92 Å². The van der Waals surface area contributed by atoms with Crippen LogP contribution < -0.4 is 4.72 Å². The molecule has 1 aromatic rings. The van der Waals surface area contributed by atoms with Crippen LogP contribution in [0.25, 0.3) is 0 Å². The summed E-state index contributed by atoms with van der Waals surface area (Å²) in [5.41, 5.74) is 0. The predicted octanol–water partition coefficient (Wildman–Crippen LogP) is 1.60. The molecular weight excluding hydrogens is 262 g/mol. The molecule has 2 unspecified atom stereocenters. The molecule has 1 aliphatic rings. The highest BCUT2D eigenvalue weighted by molar-refractivity contribution is 7.89. The minimum atomic E-state index is -3.53. The number of nitrogens with one attached hydrogen (secondary N) is 1. The highest BCUT2D eigenvalue weighted by Crippen LogP contribution is 2.26. The van der Waals surface area contributed by atoms with Crippen molar-refractivity contribution in [1.29, 1.82) is 0 Å². The van der Waals surface area contributed by atoms with Crippen LogP contribution in [0.3, 0.4) is 0 Å². The second kappa shape index (κ2) is 4.88. The molecular formula is C10H14ClN3O2S. The third-order valence-electron chi connectivity index (χ3n) is 3.07. The molecule has 1 N–H and O–H groups in total. The Morgan fingerprint density at radius 3 is 2.53 bits per heavy atom. The molecule has 0 saturated heterocycles. The van der Waals surface area contributed by atoms with Crippen LogP contribution >= 0.6 is 11.6 Å².